The first kappa shape index (κ1) is 25.9. The van der Waals surface area contributed by atoms with Crippen molar-refractivity contribution in [1.82, 2.24) is 0 Å². The Morgan fingerprint density at radius 3 is 1.09 bits per heavy atom. The number of hydrogen-bond acceptors (Lipinski definition) is 0. The van der Waals surface area contributed by atoms with E-state index in [9.17, 15) is 0 Å². The molecule has 0 heterocycles. The highest BCUT2D eigenvalue weighted by atomic mass is 14.2. The molecular weight excluding hydrogens is 528 g/mol. The molecule has 206 valence electrons. The minimum Gasteiger partial charge on any atom is -0.0622 e. The highest BCUT2D eigenvalue weighted by molar-refractivity contribution is 6.22. The molecule has 8 aromatic rings. The highest BCUT2D eigenvalue weighted by Gasteiger charge is 2.17. The summed E-state index contributed by atoms with van der Waals surface area (Å²) in [6.45, 7) is 0. The number of hydrogen-bond donors (Lipinski definition) is 0. The average molecular weight is 559 g/mol. The minimum absolute atomic E-state index is 1.21. The zero-order chi connectivity index (χ0) is 29.3. The number of rotatable bonds is 5. The molecule has 0 aliphatic rings. The number of fused-ring (bicyclic) bond motifs is 2. The second kappa shape index (κ2) is 11.2. The Kier molecular flexibility index (Phi) is 6.59. The third-order valence-corrected chi connectivity index (χ3v) is 8.67. The van der Waals surface area contributed by atoms with Gasteiger partial charge in [-0.15, -0.1) is 0 Å². The highest BCUT2D eigenvalue weighted by Crippen LogP contribution is 2.45. The van der Waals surface area contributed by atoms with Crippen LogP contribution in [-0.4, -0.2) is 0 Å². The van der Waals surface area contributed by atoms with Crippen molar-refractivity contribution in [1.29, 1.82) is 0 Å². The summed E-state index contributed by atoms with van der Waals surface area (Å²) in [5.74, 6) is 0. The summed E-state index contributed by atoms with van der Waals surface area (Å²) in [4.78, 5) is 0. The van der Waals surface area contributed by atoms with Crippen LogP contribution < -0.4 is 0 Å². The predicted molar refractivity (Wildman–Crippen MR) is 189 cm³/mol. The van der Waals surface area contributed by atoms with E-state index in [1.165, 1.54) is 77.2 Å². The summed E-state index contributed by atoms with van der Waals surface area (Å²) in [6.07, 6.45) is 0. The lowest BCUT2D eigenvalue weighted by atomic mass is 9.84. The van der Waals surface area contributed by atoms with Gasteiger partial charge in [0.25, 0.3) is 0 Å². The molecule has 0 bridgehead atoms. The predicted octanol–water partition coefficient (Wildman–Crippen LogP) is 12.3. The molecule has 44 heavy (non-hydrogen) atoms. The quantitative estimate of drug-likeness (QED) is 0.184. The van der Waals surface area contributed by atoms with Gasteiger partial charge in [0.15, 0.2) is 0 Å². The van der Waals surface area contributed by atoms with Crippen molar-refractivity contribution in [2.75, 3.05) is 0 Å². The molecule has 0 nitrogen and oxygen atoms in total. The van der Waals surface area contributed by atoms with Gasteiger partial charge in [-0.3, -0.25) is 0 Å². The first-order valence-corrected chi connectivity index (χ1v) is 15.2. The maximum absolute atomic E-state index is 2.39. The third-order valence-electron chi connectivity index (χ3n) is 8.67. The summed E-state index contributed by atoms with van der Waals surface area (Å²) in [6, 6.07) is 65.9. The van der Waals surface area contributed by atoms with Crippen LogP contribution in [0.15, 0.2) is 182 Å². The van der Waals surface area contributed by atoms with Crippen molar-refractivity contribution in [2.24, 2.45) is 0 Å². The Morgan fingerprint density at radius 2 is 0.523 bits per heavy atom. The molecule has 0 aliphatic heterocycles. The van der Waals surface area contributed by atoms with Crippen LogP contribution in [0.25, 0.3) is 77.2 Å². The molecule has 0 N–H and O–H groups in total. The van der Waals surface area contributed by atoms with Gasteiger partial charge in [-0.05, 0) is 89.3 Å². The van der Waals surface area contributed by atoms with Gasteiger partial charge in [0.05, 0.1) is 0 Å². The Hall–Kier alpha value is -5.72. The van der Waals surface area contributed by atoms with Gasteiger partial charge >= 0.3 is 0 Å². The normalized spacial score (nSPS) is 11.2. The molecule has 0 atom stereocenters. The van der Waals surface area contributed by atoms with Gasteiger partial charge in [-0.25, -0.2) is 0 Å². The van der Waals surface area contributed by atoms with Crippen molar-refractivity contribution in [2.45, 2.75) is 0 Å². The topological polar surface area (TPSA) is 0 Å². The minimum atomic E-state index is 1.21. The molecule has 8 aromatic carbocycles. The average Bonchev–Trinajstić information content (AvgIpc) is 3.11. The van der Waals surface area contributed by atoms with E-state index in [4.69, 9.17) is 0 Å². The van der Waals surface area contributed by atoms with Gasteiger partial charge in [0.1, 0.15) is 0 Å². The van der Waals surface area contributed by atoms with Crippen molar-refractivity contribution >= 4 is 21.5 Å². The van der Waals surface area contributed by atoms with E-state index in [1.807, 2.05) is 0 Å². The van der Waals surface area contributed by atoms with Crippen LogP contribution in [0.3, 0.4) is 0 Å². The fourth-order valence-electron chi connectivity index (χ4n) is 6.55. The lowest BCUT2D eigenvalue weighted by Gasteiger charge is -2.19. The van der Waals surface area contributed by atoms with E-state index < -0.39 is 0 Å². The van der Waals surface area contributed by atoms with Crippen LogP contribution in [0.1, 0.15) is 0 Å². The molecule has 8 rings (SSSR count). The Labute approximate surface area is 258 Å². The molecule has 0 fully saturated rings. The molecule has 0 aromatic heterocycles. The zero-order valence-electron chi connectivity index (χ0n) is 24.3. The zero-order valence-corrected chi connectivity index (χ0v) is 24.3. The van der Waals surface area contributed by atoms with Crippen LogP contribution in [0, 0.1) is 0 Å². The molecule has 0 aliphatic carbocycles. The molecule has 0 spiro atoms. The van der Waals surface area contributed by atoms with Gasteiger partial charge in [-0.1, -0.05) is 170 Å². The van der Waals surface area contributed by atoms with Crippen molar-refractivity contribution in [3.63, 3.8) is 0 Å². The molecule has 0 saturated carbocycles. The SMILES string of the molecule is c1ccc(-c2cccc(-c3ccc(-c4c5ccccc5c(-c5ccccc5)c5ccc(-c6ccccc6)cc45)cc3)c2)cc1. The second-order valence-electron chi connectivity index (χ2n) is 11.3. The van der Waals surface area contributed by atoms with Crippen LogP contribution >= 0.6 is 0 Å². The van der Waals surface area contributed by atoms with Gasteiger partial charge in [-0.2, -0.15) is 0 Å². The first-order valence-electron chi connectivity index (χ1n) is 15.2. The maximum Gasteiger partial charge on any atom is -0.00261 e. The first-order chi connectivity index (χ1) is 21.8. The molecule has 0 heteroatoms. The van der Waals surface area contributed by atoms with Gasteiger partial charge in [0.2, 0.25) is 0 Å². The van der Waals surface area contributed by atoms with E-state index in [1.54, 1.807) is 0 Å². The van der Waals surface area contributed by atoms with E-state index >= 15 is 0 Å². The second-order valence-corrected chi connectivity index (χ2v) is 11.3. The fourth-order valence-corrected chi connectivity index (χ4v) is 6.55. The standard InChI is InChI=1S/C44H30/c1-4-13-31(14-5-1)36-19-12-20-37(29-36)33-23-25-35(26-24-33)44-40-22-11-10-21-39(40)43(34-17-8-3-9-18-34)41-28-27-38(30-42(41)44)32-15-6-2-7-16-32/h1-30H. The molecule has 0 saturated heterocycles. The van der Waals surface area contributed by atoms with E-state index in [0.717, 1.165) is 0 Å². The van der Waals surface area contributed by atoms with Crippen LogP contribution in [0.4, 0.5) is 0 Å². The molecule has 0 amide bonds. The summed E-state index contributed by atoms with van der Waals surface area (Å²) in [5.41, 5.74) is 12.4. The summed E-state index contributed by atoms with van der Waals surface area (Å²) in [5, 5.41) is 5.07. The lowest BCUT2D eigenvalue weighted by molar-refractivity contribution is 1.58. The van der Waals surface area contributed by atoms with Crippen LogP contribution in [-0.2, 0) is 0 Å². The summed E-state index contributed by atoms with van der Waals surface area (Å²) < 4.78 is 0. The Balaban J connectivity index is 1.34. The third kappa shape index (κ3) is 4.68. The fraction of sp³-hybridized carbons (Fsp3) is 0. The summed E-state index contributed by atoms with van der Waals surface area (Å²) >= 11 is 0. The maximum atomic E-state index is 2.39. The largest absolute Gasteiger partial charge is 0.0622 e. The molecule has 0 unspecified atom stereocenters. The molecule has 0 radical (unpaired) electrons. The van der Waals surface area contributed by atoms with E-state index in [0.29, 0.717) is 0 Å². The Morgan fingerprint density at radius 1 is 0.182 bits per heavy atom. The monoisotopic (exact) mass is 558 g/mol. The van der Waals surface area contributed by atoms with Crippen molar-refractivity contribution < 1.29 is 0 Å². The van der Waals surface area contributed by atoms with Crippen LogP contribution in [0.5, 0.6) is 0 Å². The van der Waals surface area contributed by atoms with Crippen molar-refractivity contribution in [3.05, 3.63) is 182 Å². The van der Waals surface area contributed by atoms with E-state index in [2.05, 4.69) is 182 Å². The lowest BCUT2D eigenvalue weighted by Crippen LogP contribution is -1.92. The van der Waals surface area contributed by atoms with Crippen LogP contribution in [0.2, 0.25) is 0 Å². The Bertz CT molecular complexity index is 2230. The van der Waals surface area contributed by atoms with Gasteiger partial charge < -0.3 is 0 Å². The molecular formula is C44H30. The number of benzene rings is 8. The van der Waals surface area contributed by atoms with Gasteiger partial charge in [0, 0.05) is 0 Å². The van der Waals surface area contributed by atoms with E-state index in [-0.39, 0.29) is 0 Å². The van der Waals surface area contributed by atoms with Crippen molar-refractivity contribution in [3.8, 4) is 55.6 Å². The summed E-state index contributed by atoms with van der Waals surface area (Å²) in [7, 11) is 0. The smallest absolute Gasteiger partial charge is 0.00261 e.